The summed E-state index contributed by atoms with van der Waals surface area (Å²) >= 11 is 0. The molecule has 5 N–H and O–H groups in total. The first kappa shape index (κ1) is 28.4. The number of halogens is 2. The van der Waals surface area contributed by atoms with Crippen molar-refractivity contribution in [2.45, 2.75) is 84.0 Å². The lowest BCUT2D eigenvalue weighted by Crippen LogP contribution is -2.56. The predicted molar refractivity (Wildman–Crippen MR) is 106 cm³/mol. The van der Waals surface area contributed by atoms with Gasteiger partial charge in [-0.3, -0.25) is 19.2 Å². The second-order valence-electron chi connectivity index (χ2n) is 7.85. The number of rotatable bonds is 15. The van der Waals surface area contributed by atoms with Gasteiger partial charge >= 0.3 is 11.9 Å². The van der Waals surface area contributed by atoms with Crippen molar-refractivity contribution in [3.8, 4) is 0 Å². The van der Waals surface area contributed by atoms with Crippen molar-refractivity contribution in [3.05, 3.63) is 0 Å². The monoisotopic (exact) mass is 451 g/mol. The van der Waals surface area contributed by atoms with Gasteiger partial charge in [-0.15, -0.1) is 0 Å². The average molecular weight is 451 g/mol. The van der Waals surface area contributed by atoms with Crippen LogP contribution in [0.3, 0.4) is 0 Å². The number of nitrogens with one attached hydrogen (secondary N) is 3. The lowest BCUT2D eigenvalue weighted by molar-refractivity contribution is -0.151. The molecule has 0 fully saturated rings. The third-order valence-electron chi connectivity index (χ3n) is 4.10. The zero-order valence-electron chi connectivity index (χ0n) is 18.0. The first-order valence-corrected chi connectivity index (χ1v) is 9.88. The maximum absolute atomic E-state index is 12.7. The fraction of sp³-hybridized carbons (Fsp3) is 0.737. The van der Waals surface area contributed by atoms with Crippen LogP contribution in [0, 0.1) is 5.92 Å². The van der Waals surface area contributed by atoms with Crippen LogP contribution in [0.4, 0.5) is 8.78 Å². The first-order chi connectivity index (χ1) is 14.2. The Bertz CT molecular complexity index is 656. The maximum Gasteiger partial charge on any atom is 0.374 e. The van der Waals surface area contributed by atoms with Gasteiger partial charge in [0.2, 0.25) is 18.2 Å². The lowest BCUT2D eigenvalue weighted by Gasteiger charge is -2.26. The van der Waals surface area contributed by atoms with E-state index in [9.17, 15) is 32.8 Å². The van der Waals surface area contributed by atoms with Crippen LogP contribution in [0.15, 0.2) is 0 Å². The van der Waals surface area contributed by atoms with Crippen LogP contribution in [0.1, 0.15) is 53.4 Å². The number of carbonyl (C=O) groups excluding carboxylic acids is 3. The van der Waals surface area contributed by atoms with E-state index in [0.29, 0.717) is 0 Å². The quantitative estimate of drug-likeness (QED) is 0.225. The summed E-state index contributed by atoms with van der Waals surface area (Å²) in [6.07, 6.45) is -4.51. The molecule has 0 radical (unpaired) electrons. The summed E-state index contributed by atoms with van der Waals surface area (Å²) in [5, 5.41) is 25.0. The van der Waals surface area contributed by atoms with Crippen LogP contribution < -0.4 is 16.0 Å². The van der Waals surface area contributed by atoms with Gasteiger partial charge in [-0.2, -0.15) is 0 Å². The van der Waals surface area contributed by atoms with E-state index in [-0.39, 0.29) is 31.2 Å². The highest BCUT2D eigenvalue weighted by Crippen LogP contribution is 2.10. The molecule has 0 aliphatic heterocycles. The number of amides is 2. The molecule has 0 aliphatic carbocycles. The number of aliphatic carboxylic acids is 2. The maximum atomic E-state index is 12.7. The molecule has 0 rings (SSSR count). The molecule has 0 spiro atoms. The molecule has 3 atom stereocenters. The van der Waals surface area contributed by atoms with E-state index >= 15 is 0 Å². The summed E-state index contributed by atoms with van der Waals surface area (Å²) in [6, 6.07) is -4.30. The molecule has 3 unspecified atom stereocenters. The van der Waals surface area contributed by atoms with Crippen molar-refractivity contribution in [1.82, 2.24) is 16.0 Å². The van der Waals surface area contributed by atoms with Gasteiger partial charge in [0.05, 0.1) is 6.04 Å². The minimum Gasteiger partial charge on any atom is -0.481 e. The summed E-state index contributed by atoms with van der Waals surface area (Å²) in [4.78, 5) is 58.7. The van der Waals surface area contributed by atoms with Gasteiger partial charge in [-0.25, -0.2) is 13.6 Å². The van der Waals surface area contributed by atoms with Crippen LogP contribution in [-0.4, -0.2) is 70.3 Å². The van der Waals surface area contributed by atoms with Crippen molar-refractivity contribution >= 4 is 29.5 Å². The van der Waals surface area contributed by atoms with Gasteiger partial charge in [0.25, 0.3) is 5.78 Å². The number of alkyl halides is 2. The van der Waals surface area contributed by atoms with E-state index in [1.54, 1.807) is 27.7 Å². The van der Waals surface area contributed by atoms with Crippen molar-refractivity contribution in [3.63, 3.8) is 0 Å². The second-order valence-corrected chi connectivity index (χ2v) is 7.85. The Morgan fingerprint density at radius 2 is 1.32 bits per heavy atom. The molecule has 0 aromatic carbocycles. The van der Waals surface area contributed by atoms with Crippen molar-refractivity contribution in [1.29, 1.82) is 0 Å². The molecule has 2 amide bonds. The summed E-state index contributed by atoms with van der Waals surface area (Å²) in [6.45, 7) is 6.96. The van der Waals surface area contributed by atoms with E-state index in [1.165, 1.54) is 0 Å². The largest absolute Gasteiger partial charge is 0.481 e. The highest BCUT2D eigenvalue weighted by Gasteiger charge is 2.33. The number of Topliss-reactive ketones (excluding diaryl/α,β-unsaturated/α-hetero) is 1. The Hall–Kier alpha value is -2.63. The summed E-state index contributed by atoms with van der Waals surface area (Å²) in [5.41, 5.74) is 0. The van der Waals surface area contributed by atoms with Gasteiger partial charge < -0.3 is 26.2 Å². The molecule has 10 nitrogen and oxygen atoms in total. The van der Waals surface area contributed by atoms with E-state index in [1.807, 2.05) is 5.32 Å². The van der Waals surface area contributed by atoms with Crippen LogP contribution in [-0.2, 0) is 24.0 Å². The molecule has 178 valence electrons. The fourth-order valence-electron chi connectivity index (χ4n) is 2.77. The molecule has 12 heteroatoms. The van der Waals surface area contributed by atoms with Crippen LogP contribution in [0.2, 0.25) is 0 Å². The van der Waals surface area contributed by atoms with Crippen LogP contribution >= 0.6 is 0 Å². The molecule has 0 aromatic rings. The van der Waals surface area contributed by atoms with E-state index in [2.05, 4.69) is 10.6 Å². The SMILES string of the molecule is CC(C)CC(NC(=O)C(CCC(=O)O)NC(C)C)C(=O)NC(CC(F)F)C(=O)C(=O)O. The second kappa shape index (κ2) is 13.6. The number of ketones is 1. The molecule has 0 bridgehead atoms. The first-order valence-electron chi connectivity index (χ1n) is 9.88. The molecule has 0 heterocycles. The zero-order chi connectivity index (χ0) is 24.3. The van der Waals surface area contributed by atoms with Crippen molar-refractivity contribution < 1.29 is 43.0 Å². The van der Waals surface area contributed by atoms with Gasteiger partial charge in [-0.1, -0.05) is 27.7 Å². The number of carboxylic acid groups (broad SMARTS) is 2. The third kappa shape index (κ3) is 12.0. The smallest absolute Gasteiger partial charge is 0.374 e. The normalized spacial score (nSPS) is 14.2. The zero-order valence-corrected chi connectivity index (χ0v) is 18.0. The number of carboxylic acids is 2. The predicted octanol–water partition coefficient (Wildman–Crippen LogP) is 0.542. The molecular weight excluding hydrogens is 420 g/mol. The highest BCUT2D eigenvalue weighted by molar-refractivity contribution is 6.35. The minimum atomic E-state index is -3.04. The summed E-state index contributed by atoms with van der Waals surface area (Å²) in [5.74, 6) is -6.46. The van der Waals surface area contributed by atoms with Crippen LogP contribution in [0.25, 0.3) is 0 Å². The Labute approximate surface area is 179 Å². The Morgan fingerprint density at radius 1 is 0.806 bits per heavy atom. The van der Waals surface area contributed by atoms with Gasteiger partial charge in [0.1, 0.15) is 12.1 Å². The third-order valence-corrected chi connectivity index (χ3v) is 4.10. The van der Waals surface area contributed by atoms with Crippen molar-refractivity contribution in [2.75, 3.05) is 0 Å². The van der Waals surface area contributed by atoms with E-state index in [4.69, 9.17) is 10.2 Å². The number of hydrogen-bond donors (Lipinski definition) is 5. The number of hydrogen-bond acceptors (Lipinski definition) is 6. The number of carbonyl (C=O) groups is 5. The summed E-state index contributed by atoms with van der Waals surface area (Å²) < 4.78 is 25.5. The van der Waals surface area contributed by atoms with Gasteiger partial charge in [0.15, 0.2) is 0 Å². The Balaban J connectivity index is 5.49. The average Bonchev–Trinajstić information content (AvgIpc) is 2.61. The van der Waals surface area contributed by atoms with Crippen molar-refractivity contribution in [2.24, 2.45) is 5.92 Å². The lowest BCUT2D eigenvalue weighted by atomic mass is 10.0. The van der Waals surface area contributed by atoms with Gasteiger partial charge in [-0.05, 0) is 18.8 Å². The molecule has 31 heavy (non-hydrogen) atoms. The standard InChI is InChI=1S/C19H31F2N3O7/c1-9(2)7-13(18(29)23-12(8-14(20)21)16(27)19(30)31)24-17(28)11(22-10(3)4)5-6-15(25)26/h9-14,22H,5-8H2,1-4H3,(H,23,29)(H,24,28)(H,25,26)(H,30,31). The minimum absolute atomic E-state index is 0.0547. The molecule has 0 aromatic heterocycles. The topological polar surface area (TPSA) is 162 Å². The van der Waals surface area contributed by atoms with E-state index in [0.717, 1.165) is 0 Å². The highest BCUT2D eigenvalue weighted by atomic mass is 19.3. The molecule has 0 saturated heterocycles. The van der Waals surface area contributed by atoms with Crippen LogP contribution in [0.5, 0.6) is 0 Å². The van der Waals surface area contributed by atoms with Gasteiger partial charge in [0, 0.05) is 18.9 Å². The molecular formula is C19H31F2N3O7. The summed E-state index contributed by atoms with van der Waals surface area (Å²) in [7, 11) is 0. The Kier molecular flexibility index (Phi) is 12.5. The fourth-order valence-corrected chi connectivity index (χ4v) is 2.77. The molecule has 0 aliphatic rings. The van der Waals surface area contributed by atoms with E-state index < -0.39 is 60.5 Å². The molecule has 0 saturated carbocycles. The Morgan fingerprint density at radius 3 is 1.74 bits per heavy atom.